The van der Waals surface area contributed by atoms with Gasteiger partial charge in [-0.3, -0.25) is 14.4 Å². The molecular weight excluding hydrogens is 364 g/mol. The van der Waals surface area contributed by atoms with Gasteiger partial charge >= 0.3 is 5.97 Å². The van der Waals surface area contributed by atoms with E-state index in [1.165, 1.54) is 11.8 Å². The summed E-state index contributed by atoms with van der Waals surface area (Å²) in [5, 5.41) is 42.3. The number of carbonyl (C=O) groups is 3. The van der Waals surface area contributed by atoms with E-state index < -0.39 is 36.6 Å². The molecule has 2 amide bonds. The molecule has 0 aliphatic heterocycles. The molecule has 6 N–H and O–H groups in total. The molecule has 0 aliphatic rings. The normalized spacial score (nSPS) is 14.5. The lowest BCUT2D eigenvalue weighted by atomic mass is 10.1. The van der Waals surface area contributed by atoms with Crippen LogP contribution in [0.15, 0.2) is 0 Å². The molecule has 0 bridgehead atoms. The number of carbonyl (C=O) groups excluding carboxylic acids is 2. The van der Waals surface area contributed by atoms with Gasteiger partial charge in [-0.05, 0) is 5.92 Å². The van der Waals surface area contributed by atoms with Gasteiger partial charge in [0.15, 0.2) is 0 Å². The summed E-state index contributed by atoms with van der Waals surface area (Å²) in [6.45, 7) is 3.97. The third-order valence-electron chi connectivity index (χ3n) is 3.38. The maximum absolute atomic E-state index is 11.6. The van der Waals surface area contributed by atoms with Crippen molar-refractivity contribution in [3.05, 3.63) is 0 Å². The zero-order chi connectivity index (χ0) is 20.1. The van der Waals surface area contributed by atoms with Gasteiger partial charge in [0.1, 0.15) is 6.10 Å². The second-order valence-corrected chi connectivity index (χ2v) is 7.45. The number of carboxylic acid groups (broad SMARTS) is 1. The molecule has 3 atom stereocenters. The number of thioether (sulfide) groups is 1. The van der Waals surface area contributed by atoms with Gasteiger partial charge in [-0.1, -0.05) is 13.8 Å². The van der Waals surface area contributed by atoms with Crippen LogP contribution >= 0.6 is 11.8 Å². The molecule has 0 fully saturated rings. The van der Waals surface area contributed by atoms with Crippen molar-refractivity contribution in [2.45, 2.75) is 51.4 Å². The first kappa shape index (κ1) is 24.6. The van der Waals surface area contributed by atoms with Gasteiger partial charge in [0.05, 0.1) is 18.6 Å². The predicted octanol–water partition coefficient (Wildman–Crippen LogP) is -1.05. The van der Waals surface area contributed by atoms with E-state index in [-0.39, 0.29) is 31.2 Å². The molecule has 0 rings (SSSR count). The zero-order valence-corrected chi connectivity index (χ0v) is 16.0. The van der Waals surface area contributed by atoms with Gasteiger partial charge in [-0.25, -0.2) is 0 Å². The maximum atomic E-state index is 11.6. The summed E-state index contributed by atoms with van der Waals surface area (Å²) in [6, 6.07) is 0. The second kappa shape index (κ2) is 13.8. The highest BCUT2D eigenvalue weighted by atomic mass is 32.2. The smallest absolute Gasteiger partial charge is 0.305 e. The third kappa shape index (κ3) is 12.9. The van der Waals surface area contributed by atoms with Crippen LogP contribution in [0.5, 0.6) is 0 Å². The van der Waals surface area contributed by atoms with E-state index in [4.69, 9.17) is 5.11 Å². The molecule has 10 heteroatoms. The first-order valence-electron chi connectivity index (χ1n) is 8.51. The number of rotatable bonds is 14. The molecule has 0 radical (unpaired) electrons. The molecule has 0 aliphatic carbocycles. The van der Waals surface area contributed by atoms with Crippen LogP contribution in [0.3, 0.4) is 0 Å². The fourth-order valence-corrected chi connectivity index (χ4v) is 2.77. The zero-order valence-electron chi connectivity index (χ0n) is 15.2. The lowest BCUT2D eigenvalue weighted by molar-refractivity contribution is -0.139. The van der Waals surface area contributed by atoms with Crippen molar-refractivity contribution in [3.63, 3.8) is 0 Å². The molecule has 0 saturated heterocycles. The van der Waals surface area contributed by atoms with Crippen LogP contribution in [0.4, 0.5) is 0 Å². The minimum Gasteiger partial charge on any atom is -0.481 e. The molecule has 0 heterocycles. The quantitative estimate of drug-likeness (QED) is 0.204. The van der Waals surface area contributed by atoms with Crippen molar-refractivity contribution >= 4 is 29.5 Å². The van der Waals surface area contributed by atoms with Crippen molar-refractivity contribution in [2.24, 2.45) is 5.92 Å². The number of hydrogen-bond acceptors (Lipinski definition) is 7. The molecule has 0 aromatic rings. The van der Waals surface area contributed by atoms with Gasteiger partial charge in [0.25, 0.3) is 0 Å². The number of carboxylic acids is 1. The number of aliphatic carboxylic acids is 1. The lowest BCUT2D eigenvalue weighted by Gasteiger charge is -2.14. The summed E-state index contributed by atoms with van der Waals surface area (Å²) in [5.41, 5.74) is 0. The van der Waals surface area contributed by atoms with E-state index in [1.807, 2.05) is 0 Å². The minimum absolute atomic E-state index is 0.00636. The molecule has 9 nitrogen and oxygen atoms in total. The molecule has 0 aromatic heterocycles. The van der Waals surface area contributed by atoms with Crippen molar-refractivity contribution in [1.29, 1.82) is 0 Å². The highest BCUT2D eigenvalue weighted by Gasteiger charge is 2.18. The van der Waals surface area contributed by atoms with Crippen LogP contribution in [0.2, 0.25) is 0 Å². The summed E-state index contributed by atoms with van der Waals surface area (Å²) >= 11 is 1.37. The van der Waals surface area contributed by atoms with Crippen LogP contribution in [0.1, 0.15) is 33.1 Å². The van der Waals surface area contributed by atoms with Crippen LogP contribution in [0.25, 0.3) is 0 Å². The third-order valence-corrected chi connectivity index (χ3v) is 4.50. The fourth-order valence-electron chi connectivity index (χ4n) is 1.94. The Morgan fingerprint density at radius 1 is 1.00 bits per heavy atom. The number of aliphatic hydroxyl groups excluding tert-OH is 3. The summed E-state index contributed by atoms with van der Waals surface area (Å²) in [6.07, 6.45) is -3.28. The highest BCUT2D eigenvalue weighted by molar-refractivity contribution is 7.99. The van der Waals surface area contributed by atoms with Gasteiger partial charge in [-0.2, -0.15) is 11.8 Å². The molecule has 2 unspecified atom stereocenters. The van der Waals surface area contributed by atoms with Crippen LogP contribution in [-0.4, -0.2) is 81.1 Å². The van der Waals surface area contributed by atoms with E-state index in [2.05, 4.69) is 10.6 Å². The van der Waals surface area contributed by atoms with Gasteiger partial charge in [0.2, 0.25) is 11.8 Å². The molecular formula is C16H30N2O7S. The first-order chi connectivity index (χ1) is 12.1. The van der Waals surface area contributed by atoms with Crippen molar-refractivity contribution < 1.29 is 34.8 Å². The summed E-state index contributed by atoms with van der Waals surface area (Å²) in [4.78, 5) is 33.5. The van der Waals surface area contributed by atoms with Crippen molar-refractivity contribution in [1.82, 2.24) is 10.6 Å². The molecule has 0 saturated carbocycles. The van der Waals surface area contributed by atoms with E-state index in [0.29, 0.717) is 18.1 Å². The average Bonchev–Trinajstić information content (AvgIpc) is 2.52. The van der Waals surface area contributed by atoms with E-state index in [9.17, 15) is 29.7 Å². The lowest BCUT2D eigenvalue weighted by Crippen LogP contribution is -2.39. The predicted molar refractivity (Wildman–Crippen MR) is 97.7 cm³/mol. The van der Waals surface area contributed by atoms with E-state index >= 15 is 0 Å². The topological polar surface area (TPSA) is 156 Å². The Labute approximate surface area is 157 Å². The SMILES string of the molecule is CC(C)[C@@H](O)C(=O)NCCC(=O)NCCSCC(O)CC(O)CC(=O)O. The summed E-state index contributed by atoms with van der Waals surface area (Å²) < 4.78 is 0. The monoisotopic (exact) mass is 394 g/mol. The Morgan fingerprint density at radius 2 is 1.65 bits per heavy atom. The van der Waals surface area contributed by atoms with Gasteiger partial charge < -0.3 is 31.1 Å². The number of aliphatic hydroxyl groups is 3. The second-order valence-electron chi connectivity index (χ2n) is 6.30. The fraction of sp³-hybridized carbons (Fsp3) is 0.812. The van der Waals surface area contributed by atoms with Crippen molar-refractivity contribution in [3.8, 4) is 0 Å². The minimum atomic E-state index is -1.12. The Morgan fingerprint density at radius 3 is 2.23 bits per heavy atom. The van der Waals surface area contributed by atoms with Crippen LogP contribution in [-0.2, 0) is 14.4 Å². The Bertz CT molecular complexity index is 448. The largest absolute Gasteiger partial charge is 0.481 e. The number of hydrogen-bond donors (Lipinski definition) is 6. The molecule has 0 aromatic carbocycles. The highest BCUT2D eigenvalue weighted by Crippen LogP contribution is 2.09. The molecule has 152 valence electrons. The number of nitrogens with one attached hydrogen (secondary N) is 2. The van der Waals surface area contributed by atoms with E-state index in [0.717, 1.165) is 0 Å². The van der Waals surface area contributed by atoms with Crippen molar-refractivity contribution in [2.75, 3.05) is 24.6 Å². The Kier molecular flexibility index (Phi) is 13.1. The Balaban J connectivity index is 3.68. The standard InChI is InChI=1S/C16H30N2O7S/c1-10(2)15(24)16(25)18-4-3-13(21)17-5-6-26-9-12(20)7-11(19)8-14(22)23/h10-12,15,19-20,24H,3-9H2,1-2H3,(H,17,21)(H,18,25)(H,22,23)/t11?,12?,15-/m1/s1. The van der Waals surface area contributed by atoms with E-state index in [1.54, 1.807) is 13.8 Å². The average molecular weight is 394 g/mol. The van der Waals surface area contributed by atoms with Gasteiger partial charge in [0, 0.05) is 37.4 Å². The molecule has 26 heavy (non-hydrogen) atoms. The first-order valence-corrected chi connectivity index (χ1v) is 9.67. The van der Waals surface area contributed by atoms with Gasteiger partial charge in [-0.15, -0.1) is 0 Å². The summed E-state index contributed by atoms with van der Waals surface area (Å²) in [5.74, 6) is -1.16. The molecule has 0 spiro atoms. The Hall–Kier alpha value is -1.36. The maximum Gasteiger partial charge on any atom is 0.305 e. The summed E-state index contributed by atoms with van der Waals surface area (Å²) in [7, 11) is 0. The van der Waals surface area contributed by atoms with Crippen LogP contribution in [0, 0.1) is 5.92 Å². The number of amides is 2. The van der Waals surface area contributed by atoms with Crippen LogP contribution < -0.4 is 10.6 Å².